The van der Waals surface area contributed by atoms with E-state index in [1.165, 1.54) is 0 Å². The average molecular weight is 264 g/mol. The third-order valence-corrected chi connectivity index (χ3v) is 2.82. The molecule has 5 nitrogen and oxygen atoms in total. The first-order chi connectivity index (χ1) is 8.44. The number of nitrogens with zero attached hydrogens (tertiary/aromatic N) is 3. The van der Waals surface area contributed by atoms with Gasteiger partial charge in [0, 0.05) is 6.54 Å². The Bertz CT molecular complexity index is 387. The Hall–Kier alpha value is -1.15. The number of hydrogen-bond acceptors (Lipinski definition) is 5. The minimum atomic E-state index is -4.34. The smallest absolute Gasteiger partial charge is 0.339 e. The molecule has 0 radical (unpaired) electrons. The number of hydrogen-bond donors (Lipinski definition) is 1. The van der Waals surface area contributed by atoms with E-state index in [9.17, 15) is 13.2 Å². The number of rotatable bonds is 4. The molecule has 102 valence electrons. The third kappa shape index (κ3) is 3.67. The summed E-state index contributed by atoms with van der Waals surface area (Å²) >= 11 is 0. The molecule has 1 aromatic rings. The van der Waals surface area contributed by atoms with Crippen LogP contribution in [0.2, 0.25) is 0 Å². The van der Waals surface area contributed by atoms with Crippen LogP contribution in [0.25, 0.3) is 0 Å². The van der Waals surface area contributed by atoms with Gasteiger partial charge in [0.1, 0.15) is 6.42 Å². The van der Waals surface area contributed by atoms with E-state index in [0.717, 1.165) is 25.9 Å². The van der Waals surface area contributed by atoms with Gasteiger partial charge in [-0.2, -0.15) is 18.2 Å². The first-order valence-corrected chi connectivity index (χ1v) is 5.81. The van der Waals surface area contributed by atoms with E-state index in [1.807, 2.05) is 0 Å². The number of nitrogens with two attached hydrogens (primary N) is 1. The van der Waals surface area contributed by atoms with Gasteiger partial charge in [-0.15, -0.1) is 0 Å². The van der Waals surface area contributed by atoms with Crippen molar-refractivity contribution in [2.75, 3.05) is 19.6 Å². The molecule has 2 rings (SSSR count). The predicted octanol–water partition coefficient (Wildman–Crippen LogP) is 1.27. The molecule has 0 spiro atoms. The van der Waals surface area contributed by atoms with E-state index < -0.39 is 24.5 Å². The number of aromatic nitrogens is 2. The fraction of sp³-hybridized carbons (Fsp3) is 0.800. The summed E-state index contributed by atoms with van der Waals surface area (Å²) in [6.45, 7) is 2.47. The molecule has 1 aliphatic heterocycles. The monoisotopic (exact) mass is 264 g/mol. The van der Waals surface area contributed by atoms with Crippen molar-refractivity contribution >= 4 is 0 Å². The van der Waals surface area contributed by atoms with Gasteiger partial charge >= 0.3 is 6.18 Å². The molecule has 0 aromatic carbocycles. The summed E-state index contributed by atoms with van der Waals surface area (Å²) in [5.74, 6) is -0.296. The van der Waals surface area contributed by atoms with E-state index in [4.69, 9.17) is 5.73 Å². The molecule has 0 bridgehead atoms. The van der Waals surface area contributed by atoms with Crippen molar-refractivity contribution in [3.05, 3.63) is 11.7 Å². The number of halogens is 3. The molecule has 2 N–H and O–H groups in total. The molecule has 1 saturated heterocycles. The number of alkyl halides is 3. The van der Waals surface area contributed by atoms with Gasteiger partial charge in [0.15, 0.2) is 5.82 Å². The first-order valence-electron chi connectivity index (χ1n) is 5.81. The zero-order valence-corrected chi connectivity index (χ0v) is 9.78. The average Bonchev–Trinajstić information content (AvgIpc) is 2.86. The molecule has 1 unspecified atom stereocenters. The Labute approximate surface area is 102 Å². The zero-order valence-electron chi connectivity index (χ0n) is 9.78. The normalized spacial score (nSPS) is 19.3. The lowest BCUT2D eigenvalue weighted by atomic mass is 10.3. The molecule has 2 heterocycles. The van der Waals surface area contributed by atoms with Gasteiger partial charge < -0.3 is 15.2 Å². The fourth-order valence-electron chi connectivity index (χ4n) is 1.99. The summed E-state index contributed by atoms with van der Waals surface area (Å²) in [6, 6.07) is -0.506. The van der Waals surface area contributed by atoms with Gasteiger partial charge in [-0.25, -0.2) is 0 Å². The summed E-state index contributed by atoms with van der Waals surface area (Å²) in [6.07, 6.45) is -3.31. The largest absolute Gasteiger partial charge is 0.397 e. The van der Waals surface area contributed by atoms with Crippen LogP contribution in [-0.4, -0.2) is 40.9 Å². The molecule has 1 atom stereocenters. The maximum atomic E-state index is 12.1. The Morgan fingerprint density at radius 1 is 1.33 bits per heavy atom. The van der Waals surface area contributed by atoms with E-state index in [0.29, 0.717) is 6.54 Å². The van der Waals surface area contributed by atoms with Crippen LogP contribution in [-0.2, 0) is 6.42 Å². The standard InChI is InChI=1S/C10H15F3N4O/c11-10(12,13)5-8-15-9(16-18-8)7(14)6-17-3-1-2-4-17/h7H,1-6,14H2. The minimum absolute atomic E-state index is 0.140. The van der Waals surface area contributed by atoms with Gasteiger partial charge in [-0.3, -0.25) is 0 Å². The third-order valence-electron chi connectivity index (χ3n) is 2.82. The summed E-state index contributed by atoms with van der Waals surface area (Å²) in [4.78, 5) is 5.83. The van der Waals surface area contributed by atoms with E-state index >= 15 is 0 Å². The topological polar surface area (TPSA) is 68.2 Å². The van der Waals surface area contributed by atoms with Crippen LogP contribution >= 0.6 is 0 Å². The van der Waals surface area contributed by atoms with Crippen molar-refractivity contribution in [3.8, 4) is 0 Å². The van der Waals surface area contributed by atoms with E-state index in [-0.39, 0.29) is 5.82 Å². The van der Waals surface area contributed by atoms with Crippen LogP contribution in [0.5, 0.6) is 0 Å². The summed E-state index contributed by atoms with van der Waals surface area (Å²) in [7, 11) is 0. The van der Waals surface area contributed by atoms with Gasteiger partial charge in [-0.1, -0.05) is 5.16 Å². The second-order valence-electron chi connectivity index (χ2n) is 4.45. The van der Waals surface area contributed by atoms with Gasteiger partial charge in [-0.05, 0) is 25.9 Å². The predicted molar refractivity (Wildman–Crippen MR) is 56.7 cm³/mol. The van der Waals surface area contributed by atoms with Crippen molar-refractivity contribution in [1.82, 2.24) is 15.0 Å². The lowest BCUT2D eigenvalue weighted by Crippen LogP contribution is -2.30. The van der Waals surface area contributed by atoms with Gasteiger partial charge in [0.25, 0.3) is 0 Å². The molecule has 0 aliphatic carbocycles. The summed E-state index contributed by atoms with van der Waals surface area (Å²) < 4.78 is 40.9. The molecule has 0 saturated carbocycles. The Kier molecular flexibility index (Phi) is 3.86. The van der Waals surface area contributed by atoms with Crippen molar-refractivity contribution in [2.45, 2.75) is 31.5 Å². The summed E-state index contributed by atoms with van der Waals surface area (Å²) in [5.41, 5.74) is 5.84. The number of likely N-dealkylation sites (tertiary alicyclic amines) is 1. The fourth-order valence-corrected chi connectivity index (χ4v) is 1.99. The minimum Gasteiger partial charge on any atom is -0.339 e. The van der Waals surface area contributed by atoms with Crippen LogP contribution in [0.1, 0.15) is 30.6 Å². The second kappa shape index (κ2) is 5.23. The van der Waals surface area contributed by atoms with E-state index in [2.05, 4.69) is 19.6 Å². The van der Waals surface area contributed by atoms with Gasteiger partial charge in [0.05, 0.1) is 6.04 Å². The van der Waals surface area contributed by atoms with Crippen molar-refractivity contribution in [3.63, 3.8) is 0 Å². The molecule has 1 aliphatic rings. The second-order valence-corrected chi connectivity index (χ2v) is 4.45. The molecular weight excluding hydrogens is 249 g/mol. The van der Waals surface area contributed by atoms with Gasteiger partial charge in [0.2, 0.25) is 5.89 Å². The maximum Gasteiger partial charge on any atom is 0.397 e. The van der Waals surface area contributed by atoms with Crippen LogP contribution in [0, 0.1) is 0 Å². The lowest BCUT2D eigenvalue weighted by molar-refractivity contribution is -0.131. The van der Waals surface area contributed by atoms with Crippen LogP contribution in [0.15, 0.2) is 4.52 Å². The van der Waals surface area contributed by atoms with Crippen molar-refractivity contribution in [1.29, 1.82) is 0 Å². The Morgan fingerprint density at radius 2 is 2.00 bits per heavy atom. The SMILES string of the molecule is NC(CN1CCCC1)c1noc(CC(F)(F)F)n1. The highest BCUT2D eigenvalue weighted by Gasteiger charge is 2.31. The zero-order chi connectivity index (χ0) is 13.2. The molecular formula is C10H15F3N4O. The molecule has 1 fully saturated rings. The van der Waals surface area contributed by atoms with Crippen LogP contribution < -0.4 is 5.73 Å². The highest BCUT2D eigenvalue weighted by Crippen LogP contribution is 2.21. The van der Waals surface area contributed by atoms with Crippen molar-refractivity contribution < 1.29 is 17.7 Å². The quantitative estimate of drug-likeness (QED) is 0.887. The highest BCUT2D eigenvalue weighted by atomic mass is 19.4. The maximum absolute atomic E-state index is 12.1. The van der Waals surface area contributed by atoms with Crippen LogP contribution in [0.3, 0.4) is 0 Å². The molecule has 8 heteroatoms. The van der Waals surface area contributed by atoms with Crippen LogP contribution in [0.4, 0.5) is 13.2 Å². The molecule has 0 amide bonds. The Balaban J connectivity index is 1.92. The van der Waals surface area contributed by atoms with E-state index in [1.54, 1.807) is 0 Å². The lowest BCUT2D eigenvalue weighted by Gasteiger charge is -2.17. The summed E-state index contributed by atoms with van der Waals surface area (Å²) in [5, 5.41) is 3.50. The first kappa shape index (κ1) is 13.3. The highest BCUT2D eigenvalue weighted by molar-refractivity contribution is 4.95. The van der Waals surface area contributed by atoms with Crippen molar-refractivity contribution in [2.24, 2.45) is 5.73 Å². The molecule has 1 aromatic heterocycles. The Morgan fingerprint density at radius 3 is 2.61 bits per heavy atom. The molecule has 18 heavy (non-hydrogen) atoms.